The van der Waals surface area contributed by atoms with E-state index in [9.17, 15) is 9.59 Å². The number of amidine groups is 1. The van der Waals surface area contributed by atoms with Gasteiger partial charge in [-0.05, 0) is 66.4 Å². The monoisotopic (exact) mass is 494 g/mol. The number of benzene rings is 3. The first kappa shape index (κ1) is 25.0. The highest BCUT2D eigenvalue weighted by molar-refractivity contribution is 8.14. The third-order valence-electron chi connectivity index (χ3n) is 5.66. The molecule has 0 saturated heterocycles. The first-order chi connectivity index (χ1) is 17.3. The highest BCUT2D eigenvalue weighted by atomic mass is 32.2. The molecule has 2 amide bonds. The minimum atomic E-state index is -0.234. The van der Waals surface area contributed by atoms with Gasteiger partial charge in [0, 0.05) is 5.69 Å². The molecule has 1 aliphatic heterocycles. The Kier molecular flexibility index (Phi) is 7.67. The first-order valence-electron chi connectivity index (χ1n) is 11.6. The van der Waals surface area contributed by atoms with Crippen LogP contribution in [0, 0.1) is 18.3 Å². The molecule has 0 radical (unpaired) electrons. The van der Waals surface area contributed by atoms with Gasteiger partial charge >= 0.3 is 0 Å². The van der Waals surface area contributed by atoms with Crippen molar-refractivity contribution in [3.05, 3.63) is 101 Å². The number of hydrogen-bond donors (Lipinski definition) is 1. The number of nitriles is 1. The van der Waals surface area contributed by atoms with Crippen LogP contribution in [0.1, 0.15) is 42.0 Å². The number of nitrogens with zero attached hydrogens (tertiary/aromatic N) is 3. The van der Waals surface area contributed by atoms with Crippen molar-refractivity contribution >= 4 is 46.2 Å². The second-order valence-electron chi connectivity index (χ2n) is 8.75. The van der Waals surface area contributed by atoms with Crippen LogP contribution in [0.3, 0.4) is 0 Å². The van der Waals surface area contributed by atoms with Gasteiger partial charge in [0.15, 0.2) is 5.17 Å². The van der Waals surface area contributed by atoms with Crippen molar-refractivity contribution in [2.75, 3.05) is 16.0 Å². The Morgan fingerprint density at radius 1 is 1.06 bits per heavy atom. The number of carbonyl (C=O) groups is 2. The van der Waals surface area contributed by atoms with Gasteiger partial charge in [0.1, 0.15) is 5.70 Å². The SMILES string of the molecule is Cc1ccc(N2C(=O)C(=Cc3ccc(C(C)C)cc3)N=C2SCC(=O)Nc2ccc(C#N)cc2)cc1. The maximum Gasteiger partial charge on any atom is 0.283 e. The molecule has 0 saturated carbocycles. The Bertz CT molecular complexity index is 1370. The van der Waals surface area contributed by atoms with Crippen molar-refractivity contribution in [3.63, 3.8) is 0 Å². The van der Waals surface area contributed by atoms with Crippen LogP contribution in [-0.2, 0) is 9.59 Å². The van der Waals surface area contributed by atoms with Crippen molar-refractivity contribution in [3.8, 4) is 6.07 Å². The van der Waals surface area contributed by atoms with Crippen LogP contribution in [0.15, 0.2) is 83.5 Å². The molecule has 36 heavy (non-hydrogen) atoms. The third-order valence-corrected chi connectivity index (χ3v) is 6.60. The highest BCUT2D eigenvalue weighted by Crippen LogP contribution is 2.30. The number of nitrogens with one attached hydrogen (secondary N) is 1. The largest absolute Gasteiger partial charge is 0.325 e. The summed E-state index contributed by atoms with van der Waals surface area (Å²) in [5.41, 5.74) is 5.34. The summed E-state index contributed by atoms with van der Waals surface area (Å²) in [5.74, 6) is 0.0330. The lowest BCUT2D eigenvalue weighted by molar-refractivity contribution is -0.114. The van der Waals surface area contributed by atoms with E-state index in [0.717, 1.165) is 11.1 Å². The summed E-state index contributed by atoms with van der Waals surface area (Å²) in [4.78, 5) is 32.1. The molecule has 180 valence electrons. The van der Waals surface area contributed by atoms with E-state index < -0.39 is 0 Å². The van der Waals surface area contributed by atoms with E-state index in [1.807, 2.05) is 43.3 Å². The van der Waals surface area contributed by atoms with Crippen LogP contribution in [0.25, 0.3) is 6.08 Å². The molecule has 1 N–H and O–H groups in total. The molecule has 4 rings (SSSR count). The van der Waals surface area contributed by atoms with Gasteiger partial charge in [0.05, 0.1) is 23.1 Å². The molecule has 7 heteroatoms. The van der Waals surface area contributed by atoms with Crippen LogP contribution >= 0.6 is 11.8 Å². The van der Waals surface area contributed by atoms with E-state index in [4.69, 9.17) is 5.26 Å². The van der Waals surface area contributed by atoms with Gasteiger partial charge in [-0.25, -0.2) is 4.99 Å². The van der Waals surface area contributed by atoms with E-state index >= 15 is 0 Å². The topological polar surface area (TPSA) is 85.6 Å². The van der Waals surface area contributed by atoms with Crippen LogP contribution < -0.4 is 10.2 Å². The lowest BCUT2D eigenvalue weighted by Gasteiger charge is -2.18. The van der Waals surface area contributed by atoms with Gasteiger partial charge in [-0.15, -0.1) is 0 Å². The van der Waals surface area contributed by atoms with Gasteiger partial charge in [-0.2, -0.15) is 5.26 Å². The third kappa shape index (κ3) is 5.91. The molecule has 1 heterocycles. The van der Waals surface area contributed by atoms with Crippen molar-refractivity contribution in [2.24, 2.45) is 4.99 Å². The highest BCUT2D eigenvalue weighted by Gasteiger charge is 2.32. The molecule has 0 spiro atoms. The van der Waals surface area contributed by atoms with E-state index in [0.29, 0.717) is 33.7 Å². The minimum absolute atomic E-state index is 0.0742. The molecule has 0 bridgehead atoms. The van der Waals surface area contributed by atoms with Gasteiger partial charge in [-0.3, -0.25) is 14.5 Å². The summed E-state index contributed by atoms with van der Waals surface area (Å²) >= 11 is 1.20. The number of carbonyl (C=O) groups excluding carboxylic acids is 2. The summed E-state index contributed by atoms with van der Waals surface area (Å²) in [5, 5.41) is 12.2. The molecule has 0 aliphatic carbocycles. The van der Waals surface area contributed by atoms with E-state index in [1.54, 1.807) is 35.2 Å². The number of rotatable bonds is 6. The fourth-order valence-corrected chi connectivity index (χ4v) is 4.42. The lowest BCUT2D eigenvalue weighted by Crippen LogP contribution is -2.31. The predicted octanol–water partition coefficient (Wildman–Crippen LogP) is 6.11. The van der Waals surface area contributed by atoms with E-state index in [1.165, 1.54) is 17.3 Å². The molecular formula is C29H26N4O2S. The minimum Gasteiger partial charge on any atom is -0.325 e. The van der Waals surface area contributed by atoms with Crippen LogP contribution in [0.4, 0.5) is 11.4 Å². The maximum atomic E-state index is 13.4. The normalized spacial score (nSPS) is 14.2. The molecule has 0 aromatic heterocycles. The summed E-state index contributed by atoms with van der Waals surface area (Å²) in [6.07, 6.45) is 1.78. The number of aryl methyl sites for hydroxylation is 1. The molecular weight excluding hydrogens is 468 g/mol. The Balaban J connectivity index is 1.55. The molecule has 6 nitrogen and oxygen atoms in total. The summed E-state index contributed by atoms with van der Waals surface area (Å²) < 4.78 is 0. The van der Waals surface area contributed by atoms with Gasteiger partial charge in [-0.1, -0.05) is 67.6 Å². The van der Waals surface area contributed by atoms with Crippen LogP contribution in [-0.4, -0.2) is 22.7 Å². The molecule has 0 fully saturated rings. The smallest absolute Gasteiger partial charge is 0.283 e. The summed E-state index contributed by atoms with van der Waals surface area (Å²) in [6, 6.07) is 24.4. The fraction of sp³-hybridized carbons (Fsp3) is 0.172. The van der Waals surface area contributed by atoms with Crippen molar-refractivity contribution in [1.29, 1.82) is 5.26 Å². The number of thioether (sulfide) groups is 1. The van der Waals surface area contributed by atoms with Gasteiger partial charge in [0.2, 0.25) is 5.91 Å². The first-order valence-corrected chi connectivity index (χ1v) is 12.6. The zero-order valence-corrected chi connectivity index (χ0v) is 21.2. The average Bonchev–Trinajstić information content (AvgIpc) is 3.18. The number of hydrogen-bond acceptors (Lipinski definition) is 5. The summed E-state index contributed by atoms with van der Waals surface area (Å²) in [6.45, 7) is 6.26. The summed E-state index contributed by atoms with van der Waals surface area (Å²) in [7, 11) is 0. The molecule has 0 unspecified atom stereocenters. The zero-order valence-electron chi connectivity index (χ0n) is 20.4. The van der Waals surface area contributed by atoms with E-state index in [2.05, 4.69) is 42.4 Å². The molecule has 1 aliphatic rings. The lowest BCUT2D eigenvalue weighted by atomic mass is 10.0. The van der Waals surface area contributed by atoms with Gasteiger partial charge < -0.3 is 5.32 Å². The van der Waals surface area contributed by atoms with E-state index in [-0.39, 0.29) is 17.6 Å². The van der Waals surface area contributed by atoms with Crippen LogP contribution in [0.5, 0.6) is 0 Å². The fourth-order valence-electron chi connectivity index (χ4n) is 3.60. The van der Waals surface area contributed by atoms with Crippen molar-refractivity contribution in [2.45, 2.75) is 26.7 Å². The number of anilines is 2. The predicted molar refractivity (Wildman–Crippen MR) is 147 cm³/mol. The zero-order chi connectivity index (χ0) is 25.7. The average molecular weight is 495 g/mol. The van der Waals surface area contributed by atoms with Crippen molar-refractivity contribution < 1.29 is 9.59 Å². The second-order valence-corrected chi connectivity index (χ2v) is 9.69. The Morgan fingerprint density at radius 3 is 2.33 bits per heavy atom. The Hall–Kier alpha value is -4.15. The number of amides is 2. The van der Waals surface area contributed by atoms with Crippen molar-refractivity contribution in [1.82, 2.24) is 0 Å². The standard InChI is InChI=1S/C29H26N4O2S/c1-19(2)23-10-6-21(7-11-23)16-26-28(35)33(25-14-4-20(3)5-15-25)29(32-26)36-18-27(34)31-24-12-8-22(17-30)9-13-24/h4-16,19H,18H2,1-3H3,(H,31,34). The van der Waals surface area contributed by atoms with Gasteiger partial charge in [0.25, 0.3) is 5.91 Å². The maximum absolute atomic E-state index is 13.4. The quantitative estimate of drug-likeness (QED) is 0.419. The molecule has 0 atom stereocenters. The number of aliphatic imine (C=N–C) groups is 1. The Morgan fingerprint density at radius 2 is 1.72 bits per heavy atom. The second kappa shape index (κ2) is 11.1. The molecule has 3 aromatic rings. The van der Waals surface area contributed by atoms with Crippen LogP contribution in [0.2, 0.25) is 0 Å². The Labute approximate surface area is 215 Å². The molecule has 3 aromatic carbocycles.